The third-order valence-electron chi connectivity index (χ3n) is 2.15. The minimum Gasteiger partial charge on any atom is -0.377 e. The lowest BCUT2D eigenvalue weighted by atomic mass is 9.98. The molecule has 1 rings (SSSR count). The first-order valence-electron chi connectivity index (χ1n) is 4.48. The van der Waals surface area contributed by atoms with E-state index in [-0.39, 0.29) is 12.4 Å². The zero-order valence-electron chi connectivity index (χ0n) is 7.42. The summed E-state index contributed by atoms with van der Waals surface area (Å²) in [5.41, 5.74) is 2.58. The van der Waals surface area contributed by atoms with Gasteiger partial charge in [-0.05, 0) is 12.8 Å². The molecular weight excluding hydrogens is 176 g/mol. The van der Waals surface area contributed by atoms with Gasteiger partial charge in [-0.25, -0.2) is 0 Å². The SMILES string of the molecule is Cl.NNCCOC1CCCCC1. The van der Waals surface area contributed by atoms with E-state index in [1.165, 1.54) is 32.1 Å². The summed E-state index contributed by atoms with van der Waals surface area (Å²) in [5, 5.41) is 0. The van der Waals surface area contributed by atoms with Gasteiger partial charge in [0.1, 0.15) is 0 Å². The quantitative estimate of drug-likeness (QED) is 0.402. The monoisotopic (exact) mass is 194 g/mol. The molecule has 0 bridgehead atoms. The second kappa shape index (κ2) is 7.80. The molecule has 0 heterocycles. The molecule has 3 nitrogen and oxygen atoms in total. The minimum atomic E-state index is 0. The molecule has 12 heavy (non-hydrogen) atoms. The van der Waals surface area contributed by atoms with E-state index in [0.29, 0.717) is 6.10 Å². The van der Waals surface area contributed by atoms with Gasteiger partial charge in [-0.3, -0.25) is 11.3 Å². The first-order valence-corrected chi connectivity index (χ1v) is 4.48. The molecule has 0 aromatic carbocycles. The minimum absolute atomic E-state index is 0. The van der Waals surface area contributed by atoms with Gasteiger partial charge < -0.3 is 4.74 Å². The van der Waals surface area contributed by atoms with Crippen molar-refractivity contribution in [2.24, 2.45) is 5.84 Å². The smallest absolute Gasteiger partial charge is 0.0608 e. The van der Waals surface area contributed by atoms with Crippen molar-refractivity contribution in [1.29, 1.82) is 0 Å². The Bertz CT molecular complexity index is 97.1. The number of nitrogens with one attached hydrogen (secondary N) is 1. The maximum absolute atomic E-state index is 5.58. The van der Waals surface area contributed by atoms with Crippen LogP contribution < -0.4 is 11.3 Å². The zero-order valence-corrected chi connectivity index (χ0v) is 8.24. The van der Waals surface area contributed by atoms with Gasteiger partial charge in [0.25, 0.3) is 0 Å². The fourth-order valence-corrected chi connectivity index (χ4v) is 1.52. The highest BCUT2D eigenvalue weighted by Gasteiger charge is 2.12. The normalized spacial score (nSPS) is 18.8. The van der Waals surface area contributed by atoms with Crippen LogP contribution in [0.3, 0.4) is 0 Å². The summed E-state index contributed by atoms with van der Waals surface area (Å²) in [6.45, 7) is 1.51. The number of hydrogen-bond donors (Lipinski definition) is 2. The van der Waals surface area contributed by atoms with Crippen molar-refractivity contribution < 1.29 is 4.74 Å². The lowest BCUT2D eigenvalue weighted by molar-refractivity contribution is 0.0304. The number of nitrogens with two attached hydrogens (primary N) is 1. The van der Waals surface area contributed by atoms with Crippen molar-refractivity contribution in [3.63, 3.8) is 0 Å². The highest BCUT2D eigenvalue weighted by atomic mass is 35.5. The Hall–Kier alpha value is 0.170. The van der Waals surface area contributed by atoms with Crippen LogP contribution in [0.5, 0.6) is 0 Å². The third-order valence-corrected chi connectivity index (χ3v) is 2.15. The molecule has 1 fully saturated rings. The molecule has 0 atom stereocenters. The molecule has 3 N–H and O–H groups in total. The number of hydrazine groups is 1. The van der Waals surface area contributed by atoms with E-state index in [4.69, 9.17) is 10.6 Å². The molecule has 0 aromatic rings. The Morgan fingerprint density at radius 3 is 2.50 bits per heavy atom. The molecule has 1 aliphatic rings. The van der Waals surface area contributed by atoms with Gasteiger partial charge in [0, 0.05) is 6.54 Å². The summed E-state index contributed by atoms with van der Waals surface area (Å²) in [6, 6.07) is 0. The van der Waals surface area contributed by atoms with Crippen molar-refractivity contribution in [3.05, 3.63) is 0 Å². The second-order valence-electron chi connectivity index (χ2n) is 3.08. The Balaban J connectivity index is 0.00000121. The molecule has 1 aliphatic carbocycles. The largest absolute Gasteiger partial charge is 0.377 e. The van der Waals surface area contributed by atoms with Crippen molar-refractivity contribution in [1.82, 2.24) is 5.43 Å². The van der Waals surface area contributed by atoms with Gasteiger partial charge in [0.05, 0.1) is 12.7 Å². The molecular formula is C8H19ClN2O. The fraction of sp³-hybridized carbons (Fsp3) is 1.00. The van der Waals surface area contributed by atoms with E-state index in [1.54, 1.807) is 0 Å². The number of hydrogen-bond acceptors (Lipinski definition) is 3. The fourth-order valence-electron chi connectivity index (χ4n) is 1.52. The Labute approximate surface area is 80.4 Å². The summed E-state index contributed by atoms with van der Waals surface area (Å²) in [5.74, 6) is 5.11. The summed E-state index contributed by atoms with van der Waals surface area (Å²) in [7, 11) is 0. The Morgan fingerprint density at radius 1 is 1.25 bits per heavy atom. The summed E-state index contributed by atoms with van der Waals surface area (Å²) >= 11 is 0. The van der Waals surface area contributed by atoms with Gasteiger partial charge in [0.15, 0.2) is 0 Å². The Kier molecular flexibility index (Phi) is 7.91. The van der Waals surface area contributed by atoms with Crippen LogP contribution in [0.25, 0.3) is 0 Å². The predicted octanol–water partition coefficient (Wildman–Crippen LogP) is 1.22. The maximum atomic E-state index is 5.58. The highest BCUT2D eigenvalue weighted by Crippen LogP contribution is 2.19. The first kappa shape index (κ1) is 12.2. The summed E-state index contributed by atoms with van der Waals surface area (Å²) in [4.78, 5) is 0. The molecule has 0 aromatic heterocycles. The van der Waals surface area contributed by atoms with Crippen LogP contribution in [0.2, 0.25) is 0 Å². The van der Waals surface area contributed by atoms with E-state index < -0.39 is 0 Å². The first-order chi connectivity index (χ1) is 5.43. The van der Waals surface area contributed by atoms with Crippen molar-refractivity contribution >= 4 is 12.4 Å². The Morgan fingerprint density at radius 2 is 1.92 bits per heavy atom. The van der Waals surface area contributed by atoms with Gasteiger partial charge in [0.2, 0.25) is 0 Å². The maximum Gasteiger partial charge on any atom is 0.0608 e. The lowest BCUT2D eigenvalue weighted by Gasteiger charge is -2.21. The van der Waals surface area contributed by atoms with Crippen LogP contribution in [-0.4, -0.2) is 19.3 Å². The van der Waals surface area contributed by atoms with Crippen LogP contribution in [0.1, 0.15) is 32.1 Å². The summed E-state index contributed by atoms with van der Waals surface area (Å²) in [6.07, 6.45) is 7.04. The third kappa shape index (κ3) is 4.93. The molecule has 0 radical (unpaired) electrons. The molecule has 4 heteroatoms. The average molecular weight is 195 g/mol. The van der Waals surface area contributed by atoms with E-state index in [1.807, 2.05) is 0 Å². The number of rotatable bonds is 4. The molecule has 0 spiro atoms. The molecule has 74 valence electrons. The van der Waals surface area contributed by atoms with Gasteiger partial charge in [-0.15, -0.1) is 12.4 Å². The average Bonchev–Trinajstić information content (AvgIpc) is 2.07. The van der Waals surface area contributed by atoms with E-state index in [0.717, 1.165) is 13.2 Å². The van der Waals surface area contributed by atoms with E-state index in [9.17, 15) is 0 Å². The zero-order chi connectivity index (χ0) is 7.94. The topological polar surface area (TPSA) is 47.3 Å². The van der Waals surface area contributed by atoms with Crippen molar-refractivity contribution in [2.75, 3.05) is 13.2 Å². The molecule has 1 saturated carbocycles. The lowest BCUT2D eigenvalue weighted by Crippen LogP contribution is -2.28. The standard InChI is InChI=1S/C8H18N2O.ClH/c9-10-6-7-11-8-4-2-1-3-5-8;/h8,10H,1-7,9H2;1H. The van der Waals surface area contributed by atoms with Crippen molar-refractivity contribution in [3.8, 4) is 0 Å². The van der Waals surface area contributed by atoms with E-state index in [2.05, 4.69) is 5.43 Å². The molecule has 0 unspecified atom stereocenters. The molecule has 0 saturated heterocycles. The highest BCUT2D eigenvalue weighted by molar-refractivity contribution is 5.85. The van der Waals surface area contributed by atoms with Gasteiger partial charge in [-0.2, -0.15) is 0 Å². The van der Waals surface area contributed by atoms with Crippen LogP contribution in [0, 0.1) is 0 Å². The van der Waals surface area contributed by atoms with Gasteiger partial charge >= 0.3 is 0 Å². The van der Waals surface area contributed by atoms with Crippen molar-refractivity contribution in [2.45, 2.75) is 38.2 Å². The predicted molar refractivity (Wildman–Crippen MR) is 52.3 cm³/mol. The number of ether oxygens (including phenoxy) is 1. The molecule has 0 amide bonds. The molecule has 0 aliphatic heterocycles. The van der Waals surface area contributed by atoms with Gasteiger partial charge in [-0.1, -0.05) is 19.3 Å². The summed E-state index contributed by atoms with van der Waals surface area (Å²) < 4.78 is 5.58. The number of halogens is 1. The second-order valence-corrected chi connectivity index (χ2v) is 3.08. The van der Waals surface area contributed by atoms with Crippen LogP contribution in [0.4, 0.5) is 0 Å². The van der Waals surface area contributed by atoms with Crippen LogP contribution in [0.15, 0.2) is 0 Å². The van der Waals surface area contributed by atoms with Crippen LogP contribution in [-0.2, 0) is 4.74 Å². The van der Waals surface area contributed by atoms with E-state index >= 15 is 0 Å². The van der Waals surface area contributed by atoms with Crippen LogP contribution >= 0.6 is 12.4 Å².